The summed E-state index contributed by atoms with van der Waals surface area (Å²) >= 11 is 0. The van der Waals surface area contributed by atoms with Gasteiger partial charge in [-0.05, 0) is 54.7 Å². The lowest BCUT2D eigenvalue weighted by atomic mass is 10.0. The van der Waals surface area contributed by atoms with E-state index in [-0.39, 0.29) is 18.0 Å². The first-order valence-corrected chi connectivity index (χ1v) is 11.7. The SMILES string of the molecule is O=C(CCc1ccccc1)NC1CCN(C(=O)Nc2cccc(COCc3ccco3)c2)CC1. The zero-order valence-electron chi connectivity index (χ0n) is 19.2. The van der Waals surface area contributed by atoms with Crippen LogP contribution in [0, 0.1) is 0 Å². The van der Waals surface area contributed by atoms with Crippen molar-refractivity contribution in [3.8, 4) is 0 Å². The number of ether oxygens (including phenoxy) is 1. The summed E-state index contributed by atoms with van der Waals surface area (Å²) in [6, 6.07) is 21.4. The molecule has 7 heteroatoms. The number of nitrogens with zero attached hydrogens (tertiary/aromatic N) is 1. The fraction of sp³-hybridized carbons (Fsp3) is 0.333. The van der Waals surface area contributed by atoms with Gasteiger partial charge >= 0.3 is 6.03 Å². The monoisotopic (exact) mass is 461 g/mol. The van der Waals surface area contributed by atoms with E-state index in [4.69, 9.17) is 9.15 Å². The molecule has 34 heavy (non-hydrogen) atoms. The zero-order chi connectivity index (χ0) is 23.6. The van der Waals surface area contributed by atoms with Crippen LogP contribution >= 0.6 is 0 Å². The van der Waals surface area contributed by atoms with Crippen LogP contribution in [0.2, 0.25) is 0 Å². The van der Waals surface area contributed by atoms with E-state index in [9.17, 15) is 9.59 Å². The third-order valence-corrected chi connectivity index (χ3v) is 5.90. The van der Waals surface area contributed by atoms with Crippen LogP contribution in [0.1, 0.15) is 36.1 Å². The van der Waals surface area contributed by atoms with Gasteiger partial charge in [0.25, 0.3) is 0 Å². The van der Waals surface area contributed by atoms with Gasteiger partial charge in [0.15, 0.2) is 0 Å². The molecule has 1 aromatic heterocycles. The molecule has 0 radical (unpaired) electrons. The van der Waals surface area contributed by atoms with Crippen LogP contribution in [0.15, 0.2) is 77.4 Å². The molecule has 1 fully saturated rings. The summed E-state index contributed by atoms with van der Waals surface area (Å²) < 4.78 is 10.9. The topological polar surface area (TPSA) is 83.8 Å². The first kappa shape index (κ1) is 23.6. The molecule has 4 rings (SSSR count). The number of amides is 3. The average Bonchev–Trinajstić information content (AvgIpc) is 3.38. The summed E-state index contributed by atoms with van der Waals surface area (Å²) in [5.41, 5.74) is 2.87. The smallest absolute Gasteiger partial charge is 0.321 e. The number of nitrogens with one attached hydrogen (secondary N) is 2. The molecule has 0 aliphatic carbocycles. The molecule has 7 nitrogen and oxygen atoms in total. The first-order valence-electron chi connectivity index (χ1n) is 11.7. The highest BCUT2D eigenvalue weighted by Crippen LogP contribution is 2.16. The standard InChI is InChI=1S/C27H31N3O4/c31-26(12-11-21-6-2-1-3-7-21)28-23-13-15-30(16-14-23)27(32)29-24-9-4-8-22(18-24)19-33-20-25-10-5-17-34-25/h1-10,17-18,23H,11-16,19-20H2,(H,28,31)(H,29,32). The Balaban J connectivity index is 1.16. The van der Waals surface area contributed by atoms with Crippen molar-refractivity contribution in [1.29, 1.82) is 0 Å². The van der Waals surface area contributed by atoms with Crippen LogP contribution in [0.5, 0.6) is 0 Å². The maximum Gasteiger partial charge on any atom is 0.321 e. The summed E-state index contributed by atoms with van der Waals surface area (Å²) in [4.78, 5) is 26.8. The number of rotatable bonds is 9. The predicted octanol–water partition coefficient (Wildman–Crippen LogP) is 4.74. The Hall–Kier alpha value is -3.58. The summed E-state index contributed by atoms with van der Waals surface area (Å²) in [6.45, 7) is 2.06. The second-order valence-electron chi connectivity index (χ2n) is 8.52. The molecule has 1 aliphatic heterocycles. The molecule has 1 aliphatic rings. The van der Waals surface area contributed by atoms with E-state index in [0.717, 1.165) is 41.8 Å². The van der Waals surface area contributed by atoms with Crippen molar-refractivity contribution >= 4 is 17.6 Å². The van der Waals surface area contributed by atoms with Crippen molar-refractivity contribution in [3.05, 3.63) is 89.9 Å². The van der Waals surface area contributed by atoms with Gasteiger partial charge in [0.05, 0.1) is 12.9 Å². The lowest BCUT2D eigenvalue weighted by Crippen LogP contribution is -2.47. The van der Waals surface area contributed by atoms with Crippen molar-refractivity contribution in [3.63, 3.8) is 0 Å². The van der Waals surface area contributed by atoms with Gasteiger partial charge in [-0.3, -0.25) is 4.79 Å². The number of benzene rings is 2. The van der Waals surface area contributed by atoms with Gasteiger partial charge in [-0.25, -0.2) is 4.79 Å². The van der Waals surface area contributed by atoms with Gasteiger partial charge in [0, 0.05) is 31.2 Å². The molecule has 2 N–H and O–H groups in total. The maximum atomic E-state index is 12.7. The number of aryl methyl sites for hydroxylation is 1. The molecule has 2 aromatic carbocycles. The number of piperidine rings is 1. The van der Waals surface area contributed by atoms with Gasteiger partial charge in [0.1, 0.15) is 12.4 Å². The first-order chi connectivity index (χ1) is 16.7. The van der Waals surface area contributed by atoms with Gasteiger partial charge in [-0.1, -0.05) is 42.5 Å². The van der Waals surface area contributed by atoms with Gasteiger partial charge in [-0.15, -0.1) is 0 Å². The van der Waals surface area contributed by atoms with Gasteiger partial charge in [0.2, 0.25) is 5.91 Å². The lowest BCUT2D eigenvalue weighted by molar-refractivity contribution is -0.122. The summed E-state index contributed by atoms with van der Waals surface area (Å²) in [7, 11) is 0. The van der Waals surface area contributed by atoms with E-state index in [1.54, 1.807) is 11.2 Å². The fourth-order valence-electron chi connectivity index (χ4n) is 4.03. The molecule has 0 unspecified atom stereocenters. The Morgan fingerprint density at radius 3 is 2.50 bits per heavy atom. The Morgan fingerprint density at radius 1 is 0.941 bits per heavy atom. The largest absolute Gasteiger partial charge is 0.467 e. The number of carbonyl (C=O) groups excluding carboxylic acids is 2. The number of hydrogen-bond acceptors (Lipinski definition) is 4. The van der Waals surface area contributed by atoms with E-state index in [2.05, 4.69) is 10.6 Å². The van der Waals surface area contributed by atoms with Crippen molar-refractivity contribution in [2.75, 3.05) is 18.4 Å². The van der Waals surface area contributed by atoms with Crippen molar-refractivity contribution in [2.45, 2.75) is 44.9 Å². The van der Waals surface area contributed by atoms with Crippen molar-refractivity contribution in [2.24, 2.45) is 0 Å². The van der Waals surface area contributed by atoms with Crippen molar-refractivity contribution in [1.82, 2.24) is 10.2 Å². The van der Waals surface area contributed by atoms with Crippen LogP contribution in [0.3, 0.4) is 0 Å². The van der Waals surface area contributed by atoms with Crippen LogP contribution < -0.4 is 10.6 Å². The molecule has 0 bridgehead atoms. The minimum atomic E-state index is -0.123. The average molecular weight is 462 g/mol. The van der Waals surface area contributed by atoms with E-state index in [1.807, 2.05) is 66.7 Å². The number of furan rings is 1. The zero-order valence-corrected chi connectivity index (χ0v) is 19.2. The Morgan fingerprint density at radius 2 is 1.74 bits per heavy atom. The molecular weight excluding hydrogens is 430 g/mol. The molecule has 0 saturated carbocycles. The van der Waals surface area contributed by atoms with Crippen LogP contribution in [-0.2, 0) is 29.2 Å². The Bertz CT molecular complexity index is 1040. The second-order valence-corrected chi connectivity index (χ2v) is 8.52. The van der Waals surface area contributed by atoms with Crippen molar-refractivity contribution < 1.29 is 18.7 Å². The number of hydrogen-bond donors (Lipinski definition) is 2. The summed E-state index contributed by atoms with van der Waals surface area (Å²) in [6.07, 6.45) is 4.35. The molecule has 1 saturated heterocycles. The predicted molar refractivity (Wildman–Crippen MR) is 130 cm³/mol. The quantitative estimate of drug-likeness (QED) is 0.482. The third kappa shape index (κ3) is 7.22. The highest BCUT2D eigenvalue weighted by atomic mass is 16.5. The van der Waals surface area contributed by atoms with Crippen LogP contribution in [0.4, 0.5) is 10.5 Å². The number of anilines is 1. The summed E-state index contributed by atoms with van der Waals surface area (Å²) in [5, 5.41) is 6.09. The van der Waals surface area contributed by atoms with Gasteiger partial charge in [-0.2, -0.15) is 0 Å². The summed E-state index contributed by atoms with van der Waals surface area (Å²) in [5.74, 6) is 0.845. The highest BCUT2D eigenvalue weighted by molar-refractivity contribution is 5.89. The fourth-order valence-corrected chi connectivity index (χ4v) is 4.03. The molecule has 3 aromatic rings. The molecule has 0 spiro atoms. The highest BCUT2D eigenvalue weighted by Gasteiger charge is 2.24. The van der Waals surface area contributed by atoms with E-state index in [1.165, 1.54) is 0 Å². The van der Waals surface area contributed by atoms with Gasteiger partial charge < -0.3 is 24.7 Å². The number of likely N-dealkylation sites (tertiary alicyclic amines) is 1. The molecular formula is C27H31N3O4. The van der Waals surface area contributed by atoms with Crippen LogP contribution in [-0.4, -0.2) is 36.0 Å². The Labute approximate surface area is 200 Å². The van der Waals surface area contributed by atoms with E-state index in [0.29, 0.717) is 32.7 Å². The van der Waals surface area contributed by atoms with Crippen LogP contribution in [0.25, 0.3) is 0 Å². The second kappa shape index (κ2) is 12.0. The van der Waals surface area contributed by atoms with E-state index < -0.39 is 0 Å². The molecule has 178 valence electrons. The van der Waals surface area contributed by atoms with E-state index >= 15 is 0 Å². The Kier molecular flexibility index (Phi) is 8.35. The third-order valence-electron chi connectivity index (χ3n) is 5.90. The molecule has 2 heterocycles. The number of urea groups is 1. The lowest BCUT2D eigenvalue weighted by Gasteiger charge is -2.32. The minimum Gasteiger partial charge on any atom is -0.467 e. The normalized spacial score (nSPS) is 14.1. The number of carbonyl (C=O) groups is 2. The molecule has 0 atom stereocenters. The maximum absolute atomic E-state index is 12.7. The molecule has 3 amide bonds. The minimum absolute atomic E-state index is 0.0674.